The number of nitrogens with one attached hydrogen (secondary N) is 1. The van der Waals surface area contributed by atoms with Crippen molar-refractivity contribution in [2.24, 2.45) is 0 Å². The molecule has 0 aliphatic carbocycles. The second kappa shape index (κ2) is 6.64. The first-order valence-corrected chi connectivity index (χ1v) is 9.53. The van der Waals surface area contributed by atoms with Crippen LogP contribution in [-0.2, 0) is 14.6 Å². The third-order valence-corrected chi connectivity index (χ3v) is 5.21. The summed E-state index contributed by atoms with van der Waals surface area (Å²) >= 11 is 0. The average Bonchev–Trinajstić information content (AvgIpc) is 3.21. The smallest absolute Gasteiger partial charge is 0.260 e. The number of H-pyrrole nitrogens is 1. The number of carbonyl (C=O) groups is 1. The van der Waals surface area contributed by atoms with Gasteiger partial charge in [0.25, 0.3) is 5.91 Å². The minimum absolute atomic E-state index is 0.0291. The molecule has 0 spiro atoms. The summed E-state index contributed by atoms with van der Waals surface area (Å²) in [6.45, 7) is 1.00. The van der Waals surface area contributed by atoms with Crippen molar-refractivity contribution in [3.63, 3.8) is 0 Å². The van der Waals surface area contributed by atoms with Crippen LogP contribution in [0.5, 0.6) is 5.75 Å². The van der Waals surface area contributed by atoms with Crippen molar-refractivity contribution in [2.45, 2.75) is 17.2 Å². The molecule has 0 saturated carbocycles. The zero-order valence-corrected chi connectivity index (χ0v) is 14.1. The fraction of sp³-hybridized carbons (Fsp3) is 0.375. The van der Waals surface area contributed by atoms with E-state index in [1.54, 1.807) is 17.0 Å². The Morgan fingerprint density at radius 1 is 1.38 bits per heavy atom. The van der Waals surface area contributed by atoms with Crippen LogP contribution in [0.15, 0.2) is 41.4 Å². The third kappa shape index (κ3) is 3.59. The lowest BCUT2D eigenvalue weighted by Gasteiger charge is -2.17. The van der Waals surface area contributed by atoms with Crippen molar-refractivity contribution >= 4 is 15.7 Å². The Hall–Kier alpha value is -2.35. The molecule has 0 radical (unpaired) electrons. The number of amides is 1. The maximum atomic E-state index is 12.3. The first-order chi connectivity index (χ1) is 11.4. The summed E-state index contributed by atoms with van der Waals surface area (Å²) in [4.78, 5) is 14.2. The monoisotopic (exact) mass is 349 g/mol. The van der Waals surface area contributed by atoms with Gasteiger partial charge in [0, 0.05) is 25.3 Å². The first-order valence-electron chi connectivity index (χ1n) is 7.64. The molecule has 1 unspecified atom stereocenters. The largest absolute Gasteiger partial charge is 0.484 e. The highest BCUT2D eigenvalue weighted by Crippen LogP contribution is 2.30. The van der Waals surface area contributed by atoms with Gasteiger partial charge >= 0.3 is 0 Å². The lowest BCUT2D eigenvalue weighted by molar-refractivity contribution is -0.132. The Balaban J connectivity index is 1.61. The molecule has 1 aliphatic heterocycles. The van der Waals surface area contributed by atoms with Crippen LogP contribution in [0.3, 0.4) is 0 Å². The van der Waals surface area contributed by atoms with E-state index >= 15 is 0 Å². The van der Waals surface area contributed by atoms with Gasteiger partial charge in [-0.25, -0.2) is 8.42 Å². The zero-order chi connectivity index (χ0) is 17.2. The van der Waals surface area contributed by atoms with E-state index in [4.69, 9.17) is 4.74 Å². The van der Waals surface area contributed by atoms with Crippen LogP contribution in [0.2, 0.25) is 0 Å². The fourth-order valence-electron chi connectivity index (χ4n) is 2.85. The Morgan fingerprint density at radius 3 is 2.83 bits per heavy atom. The van der Waals surface area contributed by atoms with Crippen molar-refractivity contribution in [3.8, 4) is 5.75 Å². The van der Waals surface area contributed by atoms with E-state index in [1.165, 1.54) is 6.20 Å². The minimum atomic E-state index is -3.33. The molecule has 128 valence electrons. The van der Waals surface area contributed by atoms with E-state index < -0.39 is 9.84 Å². The normalized spacial score (nSPS) is 17.9. The van der Waals surface area contributed by atoms with Crippen molar-refractivity contribution in [1.29, 1.82) is 0 Å². The zero-order valence-electron chi connectivity index (χ0n) is 13.3. The summed E-state index contributed by atoms with van der Waals surface area (Å²) in [5, 5.41) is 6.62. The summed E-state index contributed by atoms with van der Waals surface area (Å²) < 4.78 is 29.0. The van der Waals surface area contributed by atoms with Gasteiger partial charge in [-0.1, -0.05) is 18.2 Å². The quantitative estimate of drug-likeness (QED) is 0.876. The van der Waals surface area contributed by atoms with Gasteiger partial charge in [0.15, 0.2) is 16.4 Å². The molecule has 24 heavy (non-hydrogen) atoms. The number of hydrogen-bond acceptors (Lipinski definition) is 5. The number of sulfone groups is 1. The molecule has 1 aromatic carbocycles. The molecule has 2 heterocycles. The molecule has 1 N–H and O–H groups in total. The Kier molecular flexibility index (Phi) is 4.57. The molecule has 7 nitrogen and oxygen atoms in total. The number of carbonyl (C=O) groups excluding carboxylic acids is 1. The first kappa shape index (κ1) is 16.5. The van der Waals surface area contributed by atoms with Gasteiger partial charge in [-0.3, -0.25) is 9.89 Å². The number of hydrogen-bond donors (Lipinski definition) is 1. The van der Waals surface area contributed by atoms with Gasteiger partial charge in [0.2, 0.25) is 0 Å². The van der Waals surface area contributed by atoms with E-state index in [0.29, 0.717) is 31.0 Å². The molecule has 1 aliphatic rings. The highest BCUT2D eigenvalue weighted by atomic mass is 32.2. The summed E-state index contributed by atoms with van der Waals surface area (Å²) in [5.74, 6) is 0.481. The van der Waals surface area contributed by atoms with Crippen molar-refractivity contribution in [2.75, 3.05) is 26.0 Å². The van der Waals surface area contributed by atoms with E-state index in [-0.39, 0.29) is 23.3 Å². The maximum absolute atomic E-state index is 12.3. The lowest BCUT2D eigenvalue weighted by atomic mass is 10.1. The SMILES string of the molecule is CS(=O)(=O)c1cn[nH]c1C1CCN(C(=O)COc2ccccc2)C1. The molecule has 0 bridgehead atoms. The van der Waals surface area contributed by atoms with Crippen molar-refractivity contribution in [3.05, 3.63) is 42.2 Å². The van der Waals surface area contributed by atoms with Gasteiger partial charge in [-0.05, 0) is 18.6 Å². The van der Waals surface area contributed by atoms with Gasteiger partial charge in [0.1, 0.15) is 10.6 Å². The number of rotatable bonds is 5. The third-order valence-electron chi connectivity index (χ3n) is 4.09. The number of para-hydroxylation sites is 1. The summed E-state index contributed by atoms with van der Waals surface area (Å²) in [6, 6.07) is 9.16. The average molecular weight is 349 g/mol. The van der Waals surface area contributed by atoms with E-state index in [2.05, 4.69) is 10.2 Å². The number of aromatic amines is 1. The lowest BCUT2D eigenvalue weighted by Crippen LogP contribution is -2.33. The molecular weight excluding hydrogens is 330 g/mol. The number of benzene rings is 1. The topological polar surface area (TPSA) is 92.4 Å². The standard InChI is InChI=1S/C16H19N3O4S/c1-24(21,22)14-9-17-18-16(14)12-7-8-19(10-12)15(20)11-23-13-5-3-2-4-6-13/h2-6,9,12H,7-8,10-11H2,1H3,(H,17,18). The molecule has 1 aromatic heterocycles. The molecule has 1 fully saturated rings. The molecule has 1 saturated heterocycles. The number of aromatic nitrogens is 2. The van der Waals surface area contributed by atoms with Gasteiger partial charge in [-0.2, -0.15) is 5.10 Å². The minimum Gasteiger partial charge on any atom is -0.484 e. The maximum Gasteiger partial charge on any atom is 0.260 e. The molecular formula is C16H19N3O4S. The van der Waals surface area contributed by atoms with E-state index in [1.807, 2.05) is 18.2 Å². The van der Waals surface area contributed by atoms with E-state index in [0.717, 1.165) is 6.26 Å². The summed E-state index contributed by atoms with van der Waals surface area (Å²) in [5.41, 5.74) is 0.580. The van der Waals surface area contributed by atoms with Crippen molar-refractivity contribution in [1.82, 2.24) is 15.1 Å². The van der Waals surface area contributed by atoms with Crippen LogP contribution < -0.4 is 4.74 Å². The predicted molar refractivity (Wildman–Crippen MR) is 87.6 cm³/mol. The van der Waals surface area contributed by atoms with Crippen LogP contribution in [0.25, 0.3) is 0 Å². The van der Waals surface area contributed by atoms with Crippen LogP contribution >= 0.6 is 0 Å². The van der Waals surface area contributed by atoms with Gasteiger partial charge in [-0.15, -0.1) is 0 Å². The Morgan fingerprint density at radius 2 is 2.12 bits per heavy atom. The molecule has 3 rings (SSSR count). The van der Waals surface area contributed by atoms with Gasteiger partial charge < -0.3 is 9.64 Å². The Bertz CT molecular complexity index is 817. The molecule has 8 heteroatoms. The highest BCUT2D eigenvalue weighted by molar-refractivity contribution is 7.90. The second-order valence-corrected chi connectivity index (χ2v) is 7.83. The summed E-state index contributed by atoms with van der Waals surface area (Å²) in [7, 11) is -3.33. The van der Waals surface area contributed by atoms with Crippen LogP contribution in [0.1, 0.15) is 18.0 Å². The van der Waals surface area contributed by atoms with Gasteiger partial charge in [0.05, 0.1) is 11.9 Å². The molecule has 1 amide bonds. The van der Waals surface area contributed by atoms with Crippen molar-refractivity contribution < 1.29 is 17.9 Å². The highest BCUT2D eigenvalue weighted by Gasteiger charge is 2.31. The second-order valence-electron chi connectivity index (χ2n) is 5.85. The Labute approximate surface area is 140 Å². The predicted octanol–water partition coefficient (Wildman–Crippen LogP) is 1.21. The van der Waals surface area contributed by atoms with E-state index in [9.17, 15) is 13.2 Å². The number of ether oxygens (including phenoxy) is 1. The van der Waals surface area contributed by atoms with Crippen LogP contribution in [0.4, 0.5) is 0 Å². The number of nitrogens with zero attached hydrogens (tertiary/aromatic N) is 2. The summed E-state index contributed by atoms with van der Waals surface area (Å²) in [6.07, 6.45) is 3.18. The fourth-order valence-corrected chi connectivity index (χ4v) is 3.70. The van der Waals surface area contributed by atoms with Crippen LogP contribution in [-0.4, -0.2) is 55.4 Å². The molecule has 2 aromatic rings. The molecule has 1 atom stereocenters. The van der Waals surface area contributed by atoms with Crippen LogP contribution in [0, 0.1) is 0 Å². The number of likely N-dealkylation sites (tertiary alicyclic amines) is 1.